The van der Waals surface area contributed by atoms with E-state index >= 15 is 0 Å². The summed E-state index contributed by atoms with van der Waals surface area (Å²) in [5.41, 5.74) is 1.85. The van der Waals surface area contributed by atoms with E-state index in [9.17, 15) is 9.90 Å². The first kappa shape index (κ1) is 13.0. The van der Waals surface area contributed by atoms with Crippen LogP contribution < -0.4 is 5.32 Å². The third-order valence-corrected chi connectivity index (χ3v) is 3.71. The molecule has 104 valence electrons. The summed E-state index contributed by atoms with van der Waals surface area (Å²) in [5, 5.41) is 12.4. The molecule has 5 heteroatoms. The van der Waals surface area contributed by atoms with Gasteiger partial charge in [0.25, 0.3) is 5.91 Å². The lowest BCUT2D eigenvalue weighted by atomic mass is 9.93. The number of carbonyl (C=O) groups is 1. The minimum Gasteiger partial charge on any atom is -0.393 e. The molecule has 0 atom stereocenters. The number of para-hydroxylation sites is 2. The Labute approximate surface area is 117 Å². The monoisotopic (exact) mass is 271 g/mol. The molecule has 1 aliphatic rings. The summed E-state index contributed by atoms with van der Waals surface area (Å²) < 4.78 is 0. The van der Waals surface area contributed by atoms with Crippen LogP contribution >= 0.6 is 0 Å². The van der Waals surface area contributed by atoms with Gasteiger partial charge in [-0.25, -0.2) is 4.98 Å². The molecule has 0 bridgehead atoms. The Kier molecular flexibility index (Phi) is 3.60. The summed E-state index contributed by atoms with van der Waals surface area (Å²) in [4.78, 5) is 20.7. The Hall–Kier alpha value is -2.01. The Bertz CT molecular complexity index is 621. The molecule has 0 radical (unpaired) electrons. The van der Waals surface area contributed by atoms with Crippen molar-refractivity contribution < 1.29 is 9.90 Å². The second-order valence-electron chi connectivity index (χ2n) is 5.22. The van der Waals surface area contributed by atoms with Gasteiger partial charge in [0.05, 0.1) is 23.3 Å². The maximum atomic E-state index is 12.2. The summed E-state index contributed by atoms with van der Waals surface area (Å²) in [7, 11) is 0. The van der Waals surface area contributed by atoms with Crippen LogP contribution in [0.15, 0.2) is 30.5 Å². The molecule has 5 nitrogen and oxygen atoms in total. The molecule has 1 aromatic heterocycles. The van der Waals surface area contributed by atoms with Crippen molar-refractivity contribution >= 4 is 16.9 Å². The highest BCUT2D eigenvalue weighted by Gasteiger charge is 2.21. The summed E-state index contributed by atoms with van der Waals surface area (Å²) >= 11 is 0. The summed E-state index contributed by atoms with van der Waals surface area (Å²) in [6.45, 7) is 0. The molecule has 1 aliphatic carbocycles. The number of aliphatic hydroxyl groups excluding tert-OH is 1. The van der Waals surface area contributed by atoms with Crippen molar-refractivity contribution in [1.29, 1.82) is 0 Å². The Morgan fingerprint density at radius 3 is 2.60 bits per heavy atom. The second kappa shape index (κ2) is 5.54. The van der Waals surface area contributed by atoms with Gasteiger partial charge in [-0.15, -0.1) is 0 Å². The third-order valence-electron chi connectivity index (χ3n) is 3.71. The molecule has 1 aromatic carbocycles. The number of fused-ring (bicyclic) bond motifs is 1. The SMILES string of the molecule is O=C(NC1CCC(O)CC1)c1cnc2ccccc2n1. The minimum absolute atomic E-state index is 0.124. The maximum absolute atomic E-state index is 12.2. The van der Waals surface area contributed by atoms with Crippen molar-refractivity contribution in [2.45, 2.75) is 37.8 Å². The van der Waals surface area contributed by atoms with E-state index in [-0.39, 0.29) is 18.1 Å². The number of hydrogen-bond acceptors (Lipinski definition) is 4. The fourth-order valence-electron chi connectivity index (χ4n) is 2.55. The van der Waals surface area contributed by atoms with Gasteiger partial charge in [0, 0.05) is 6.04 Å². The van der Waals surface area contributed by atoms with Gasteiger partial charge in [0.1, 0.15) is 5.69 Å². The lowest BCUT2D eigenvalue weighted by molar-refractivity contribution is 0.0863. The Morgan fingerprint density at radius 2 is 1.85 bits per heavy atom. The molecular formula is C15H17N3O2. The van der Waals surface area contributed by atoms with E-state index in [1.807, 2.05) is 24.3 Å². The van der Waals surface area contributed by atoms with Crippen LogP contribution in [0.5, 0.6) is 0 Å². The van der Waals surface area contributed by atoms with Crippen LogP contribution in [0.4, 0.5) is 0 Å². The van der Waals surface area contributed by atoms with E-state index < -0.39 is 0 Å². The molecule has 3 rings (SSSR count). The molecule has 1 fully saturated rings. The van der Waals surface area contributed by atoms with Gasteiger partial charge in [0.2, 0.25) is 0 Å². The molecule has 1 amide bonds. The zero-order valence-electron chi connectivity index (χ0n) is 11.1. The van der Waals surface area contributed by atoms with Crippen LogP contribution in [0.1, 0.15) is 36.2 Å². The lowest BCUT2D eigenvalue weighted by Crippen LogP contribution is -2.38. The van der Waals surface area contributed by atoms with E-state index in [4.69, 9.17) is 0 Å². The summed E-state index contributed by atoms with van der Waals surface area (Å²) in [6, 6.07) is 7.60. The number of hydrogen-bond donors (Lipinski definition) is 2. The van der Waals surface area contributed by atoms with Crippen LogP contribution in [0, 0.1) is 0 Å². The third kappa shape index (κ3) is 2.77. The fraction of sp³-hybridized carbons (Fsp3) is 0.400. The predicted octanol–water partition coefficient (Wildman–Crippen LogP) is 1.66. The smallest absolute Gasteiger partial charge is 0.271 e. The minimum atomic E-state index is -0.219. The zero-order chi connectivity index (χ0) is 13.9. The van der Waals surface area contributed by atoms with Crippen LogP contribution in [0.3, 0.4) is 0 Å². The van der Waals surface area contributed by atoms with E-state index in [0.29, 0.717) is 5.69 Å². The van der Waals surface area contributed by atoms with Gasteiger partial charge in [-0.3, -0.25) is 9.78 Å². The van der Waals surface area contributed by atoms with Crippen LogP contribution in [0.2, 0.25) is 0 Å². The number of aromatic nitrogens is 2. The molecule has 1 saturated carbocycles. The van der Waals surface area contributed by atoms with Crippen molar-refractivity contribution in [2.75, 3.05) is 0 Å². The van der Waals surface area contributed by atoms with Gasteiger partial charge in [-0.2, -0.15) is 0 Å². The topological polar surface area (TPSA) is 75.1 Å². The molecule has 2 N–H and O–H groups in total. The van der Waals surface area contributed by atoms with Crippen LogP contribution in [-0.4, -0.2) is 33.1 Å². The lowest BCUT2D eigenvalue weighted by Gasteiger charge is -2.25. The number of aliphatic hydroxyl groups is 1. The van der Waals surface area contributed by atoms with Gasteiger partial charge in [0.15, 0.2) is 0 Å². The van der Waals surface area contributed by atoms with Crippen molar-refractivity contribution in [3.05, 3.63) is 36.2 Å². The van der Waals surface area contributed by atoms with Crippen molar-refractivity contribution in [1.82, 2.24) is 15.3 Å². The van der Waals surface area contributed by atoms with E-state index in [1.165, 1.54) is 6.20 Å². The number of nitrogens with zero attached hydrogens (tertiary/aromatic N) is 2. The molecule has 0 spiro atoms. The highest BCUT2D eigenvalue weighted by Crippen LogP contribution is 2.18. The number of nitrogens with one attached hydrogen (secondary N) is 1. The van der Waals surface area contributed by atoms with E-state index in [1.54, 1.807) is 0 Å². The highest BCUT2D eigenvalue weighted by molar-refractivity contribution is 5.93. The second-order valence-corrected chi connectivity index (χ2v) is 5.22. The van der Waals surface area contributed by atoms with Gasteiger partial charge in [-0.05, 0) is 37.8 Å². The first-order valence-corrected chi connectivity index (χ1v) is 6.93. The fourth-order valence-corrected chi connectivity index (χ4v) is 2.55. The van der Waals surface area contributed by atoms with E-state index in [2.05, 4.69) is 15.3 Å². The number of benzene rings is 1. The average Bonchev–Trinajstić information content (AvgIpc) is 2.49. The molecule has 20 heavy (non-hydrogen) atoms. The summed E-state index contributed by atoms with van der Waals surface area (Å²) in [6.07, 6.45) is 4.41. The number of rotatable bonds is 2. The van der Waals surface area contributed by atoms with Gasteiger partial charge >= 0.3 is 0 Å². The van der Waals surface area contributed by atoms with Crippen molar-refractivity contribution in [3.63, 3.8) is 0 Å². The van der Waals surface area contributed by atoms with E-state index in [0.717, 1.165) is 36.7 Å². The zero-order valence-corrected chi connectivity index (χ0v) is 11.1. The summed E-state index contributed by atoms with van der Waals surface area (Å²) in [5.74, 6) is -0.190. The highest BCUT2D eigenvalue weighted by atomic mass is 16.3. The first-order valence-electron chi connectivity index (χ1n) is 6.93. The first-order chi connectivity index (χ1) is 9.72. The molecule has 0 aliphatic heterocycles. The quantitative estimate of drug-likeness (QED) is 0.871. The molecule has 0 saturated heterocycles. The average molecular weight is 271 g/mol. The maximum Gasteiger partial charge on any atom is 0.271 e. The largest absolute Gasteiger partial charge is 0.393 e. The Balaban J connectivity index is 1.72. The predicted molar refractivity (Wildman–Crippen MR) is 75.3 cm³/mol. The standard InChI is InChI=1S/C15H17N3O2/c19-11-7-5-10(6-8-11)17-15(20)14-9-16-12-3-1-2-4-13(12)18-14/h1-4,9-11,19H,5-8H2,(H,17,20). The molecule has 2 aromatic rings. The normalized spacial score (nSPS) is 22.6. The number of amides is 1. The number of carbonyl (C=O) groups excluding carboxylic acids is 1. The molecule has 0 unspecified atom stereocenters. The van der Waals surface area contributed by atoms with Gasteiger partial charge < -0.3 is 10.4 Å². The van der Waals surface area contributed by atoms with Crippen LogP contribution in [0.25, 0.3) is 11.0 Å². The Morgan fingerprint density at radius 1 is 1.15 bits per heavy atom. The van der Waals surface area contributed by atoms with Crippen LogP contribution in [-0.2, 0) is 0 Å². The van der Waals surface area contributed by atoms with Crippen molar-refractivity contribution in [2.24, 2.45) is 0 Å². The van der Waals surface area contributed by atoms with Gasteiger partial charge in [-0.1, -0.05) is 12.1 Å². The molecule has 1 heterocycles. The molecular weight excluding hydrogens is 254 g/mol. The van der Waals surface area contributed by atoms with Crippen molar-refractivity contribution in [3.8, 4) is 0 Å².